The maximum absolute atomic E-state index is 13.5. The molecule has 4 aromatic heterocycles. The Kier molecular flexibility index (Phi) is 7.12. The van der Waals surface area contributed by atoms with Crippen molar-refractivity contribution in [1.29, 1.82) is 0 Å². The highest BCUT2D eigenvalue weighted by Gasteiger charge is 2.43. The maximum atomic E-state index is 13.5. The number of aryl methyl sites for hydroxylation is 1. The Morgan fingerprint density at radius 2 is 2.07 bits per heavy atom. The lowest BCUT2D eigenvalue weighted by Crippen LogP contribution is -2.50. The Balaban J connectivity index is 1.12. The van der Waals surface area contributed by atoms with Crippen molar-refractivity contribution in [3.63, 3.8) is 0 Å². The van der Waals surface area contributed by atoms with Gasteiger partial charge in [-0.1, -0.05) is 6.07 Å². The normalized spacial score (nSPS) is 20.7. The van der Waals surface area contributed by atoms with E-state index in [4.69, 9.17) is 14.7 Å². The number of aromatic amines is 1. The SMILES string of the molecule is COC1(C(=O)N[C@@H](C)c2ccc(-n3cc(F)cn3)nc2)CCC(c2nc3c(c(Nc4cc(C)[nH]n4)n2)CCN3)CC1. The van der Waals surface area contributed by atoms with Crippen LogP contribution in [0.1, 0.15) is 67.2 Å². The molecule has 0 bridgehead atoms. The third kappa shape index (κ3) is 5.36. The third-order valence-electron chi connectivity index (χ3n) is 8.01. The summed E-state index contributed by atoms with van der Waals surface area (Å²) < 4.78 is 20.5. The molecule has 1 amide bonds. The Labute approximate surface area is 236 Å². The average Bonchev–Trinajstić information content (AvgIpc) is 3.74. The summed E-state index contributed by atoms with van der Waals surface area (Å²) in [7, 11) is 1.59. The Morgan fingerprint density at radius 3 is 2.73 bits per heavy atom. The summed E-state index contributed by atoms with van der Waals surface area (Å²) in [4.78, 5) is 27.6. The molecule has 0 saturated heterocycles. The molecule has 13 heteroatoms. The van der Waals surface area contributed by atoms with E-state index in [-0.39, 0.29) is 17.9 Å². The molecule has 0 spiro atoms. The lowest BCUT2D eigenvalue weighted by molar-refractivity contribution is -0.148. The molecule has 12 nitrogen and oxygen atoms in total. The number of pyridine rings is 1. The van der Waals surface area contributed by atoms with Crippen LogP contribution < -0.4 is 16.0 Å². The zero-order chi connectivity index (χ0) is 28.6. The van der Waals surface area contributed by atoms with E-state index < -0.39 is 11.4 Å². The number of ether oxygens (including phenoxy) is 1. The van der Waals surface area contributed by atoms with Crippen LogP contribution in [0.5, 0.6) is 0 Å². The van der Waals surface area contributed by atoms with Gasteiger partial charge in [0.1, 0.15) is 23.1 Å². The molecule has 1 atom stereocenters. The number of halogens is 1. The smallest absolute Gasteiger partial charge is 0.252 e. The first-order chi connectivity index (χ1) is 19.8. The highest BCUT2D eigenvalue weighted by molar-refractivity contribution is 5.85. The number of hydrogen-bond acceptors (Lipinski definition) is 9. The number of anilines is 3. The van der Waals surface area contributed by atoms with Gasteiger partial charge in [0.25, 0.3) is 5.91 Å². The molecule has 214 valence electrons. The highest BCUT2D eigenvalue weighted by atomic mass is 19.1. The number of amides is 1. The maximum Gasteiger partial charge on any atom is 0.252 e. The second kappa shape index (κ2) is 10.9. The van der Waals surface area contributed by atoms with Crippen LogP contribution in [-0.4, -0.2) is 60.1 Å². The zero-order valence-electron chi connectivity index (χ0n) is 23.2. The van der Waals surface area contributed by atoms with E-state index >= 15 is 0 Å². The topological polar surface area (TPSA) is 148 Å². The molecular formula is C28H33FN10O2. The standard InChI is InChI=1S/C28H33FN10O2/c1-16-12-22(38-37-16)34-26-21-8-11-30-25(21)35-24(36-26)18-6-9-28(41-3,10-7-18)27(40)33-17(2)19-4-5-23(31-13-19)39-15-20(29)14-32-39/h4-5,12-15,17-18H,6-11H2,1-3H3,(H,33,40)(H3,30,34,35,36,37,38)/t17-,18?,28?/m0/s1. The van der Waals surface area contributed by atoms with E-state index in [0.29, 0.717) is 37.3 Å². The molecule has 0 radical (unpaired) electrons. The molecule has 2 aliphatic rings. The van der Waals surface area contributed by atoms with Crippen LogP contribution in [0.4, 0.5) is 21.8 Å². The summed E-state index contributed by atoms with van der Waals surface area (Å²) in [5.74, 6) is 3.11. The van der Waals surface area contributed by atoms with Crippen molar-refractivity contribution in [3.8, 4) is 5.82 Å². The van der Waals surface area contributed by atoms with Crippen LogP contribution >= 0.6 is 0 Å². The van der Waals surface area contributed by atoms with Crippen LogP contribution in [0.3, 0.4) is 0 Å². The summed E-state index contributed by atoms with van der Waals surface area (Å²) in [5.41, 5.74) is 1.91. The molecular weight excluding hydrogens is 527 g/mol. The van der Waals surface area contributed by atoms with Gasteiger partial charge >= 0.3 is 0 Å². The van der Waals surface area contributed by atoms with Gasteiger partial charge in [0.15, 0.2) is 17.5 Å². The fourth-order valence-corrected chi connectivity index (χ4v) is 5.57. The van der Waals surface area contributed by atoms with Crippen molar-refractivity contribution in [2.24, 2.45) is 0 Å². The monoisotopic (exact) mass is 560 g/mol. The molecule has 6 rings (SSSR count). The van der Waals surface area contributed by atoms with Crippen LogP contribution in [-0.2, 0) is 16.0 Å². The number of methoxy groups -OCH3 is 1. The Bertz CT molecular complexity index is 1540. The number of carbonyl (C=O) groups is 1. The van der Waals surface area contributed by atoms with Crippen molar-refractivity contribution in [2.45, 2.75) is 63.5 Å². The van der Waals surface area contributed by atoms with Gasteiger partial charge in [-0.05, 0) is 57.6 Å². The molecule has 41 heavy (non-hydrogen) atoms. The first-order valence-corrected chi connectivity index (χ1v) is 13.8. The van der Waals surface area contributed by atoms with E-state index in [0.717, 1.165) is 53.4 Å². The molecule has 1 aliphatic carbocycles. The fraction of sp³-hybridized carbons (Fsp3) is 0.429. The molecule has 4 aromatic rings. The number of rotatable bonds is 8. The molecule has 0 aromatic carbocycles. The summed E-state index contributed by atoms with van der Waals surface area (Å²) in [6, 6.07) is 5.23. The minimum Gasteiger partial charge on any atom is -0.369 e. The average molecular weight is 561 g/mol. The molecule has 0 unspecified atom stereocenters. The van der Waals surface area contributed by atoms with Crippen LogP contribution in [0.25, 0.3) is 5.82 Å². The number of nitrogens with zero attached hydrogens (tertiary/aromatic N) is 6. The lowest BCUT2D eigenvalue weighted by atomic mass is 9.77. The van der Waals surface area contributed by atoms with E-state index in [1.165, 1.54) is 10.9 Å². The quantitative estimate of drug-likeness (QED) is 0.252. The Hall–Kier alpha value is -4.39. The van der Waals surface area contributed by atoms with Gasteiger partial charge in [-0.15, -0.1) is 0 Å². The predicted molar refractivity (Wildman–Crippen MR) is 150 cm³/mol. The first-order valence-electron chi connectivity index (χ1n) is 13.8. The minimum atomic E-state index is -0.937. The van der Waals surface area contributed by atoms with Crippen molar-refractivity contribution >= 4 is 23.4 Å². The van der Waals surface area contributed by atoms with E-state index in [9.17, 15) is 9.18 Å². The van der Waals surface area contributed by atoms with Crippen molar-refractivity contribution < 1.29 is 13.9 Å². The molecule has 1 fully saturated rings. The van der Waals surface area contributed by atoms with Crippen LogP contribution in [0, 0.1) is 12.7 Å². The fourth-order valence-electron chi connectivity index (χ4n) is 5.57. The summed E-state index contributed by atoms with van der Waals surface area (Å²) in [6.45, 7) is 4.67. The number of fused-ring (bicyclic) bond motifs is 1. The van der Waals surface area contributed by atoms with Gasteiger partial charge < -0.3 is 20.7 Å². The molecule has 4 N–H and O–H groups in total. The number of H-pyrrole nitrogens is 1. The van der Waals surface area contributed by atoms with Gasteiger partial charge in [0.05, 0.1) is 18.4 Å². The number of aromatic nitrogens is 7. The van der Waals surface area contributed by atoms with Crippen LogP contribution in [0.15, 0.2) is 36.8 Å². The van der Waals surface area contributed by atoms with E-state index in [1.807, 2.05) is 26.0 Å². The predicted octanol–water partition coefficient (Wildman–Crippen LogP) is 3.86. The van der Waals surface area contributed by atoms with Crippen molar-refractivity contribution in [1.82, 2.24) is 40.2 Å². The highest BCUT2D eigenvalue weighted by Crippen LogP contribution is 2.41. The van der Waals surface area contributed by atoms with E-state index in [2.05, 4.69) is 36.2 Å². The molecule has 5 heterocycles. The number of nitrogens with one attached hydrogen (secondary N) is 4. The van der Waals surface area contributed by atoms with Gasteiger partial charge in [-0.25, -0.2) is 24.0 Å². The number of hydrogen-bond donors (Lipinski definition) is 4. The van der Waals surface area contributed by atoms with E-state index in [1.54, 1.807) is 19.4 Å². The molecule has 1 aliphatic heterocycles. The van der Waals surface area contributed by atoms with Gasteiger partial charge in [0.2, 0.25) is 0 Å². The first kappa shape index (κ1) is 26.8. The summed E-state index contributed by atoms with van der Waals surface area (Å²) >= 11 is 0. The molecule has 1 saturated carbocycles. The second-order valence-corrected chi connectivity index (χ2v) is 10.7. The minimum absolute atomic E-state index is 0.0987. The van der Waals surface area contributed by atoms with Gasteiger partial charge in [-0.2, -0.15) is 10.2 Å². The number of carbonyl (C=O) groups excluding carboxylic acids is 1. The Morgan fingerprint density at radius 1 is 1.24 bits per heavy atom. The van der Waals surface area contributed by atoms with Gasteiger partial charge in [0, 0.05) is 43.1 Å². The van der Waals surface area contributed by atoms with Gasteiger partial charge in [-0.3, -0.25) is 9.89 Å². The largest absolute Gasteiger partial charge is 0.369 e. The van der Waals surface area contributed by atoms with Crippen LogP contribution in [0.2, 0.25) is 0 Å². The summed E-state index contributed by atoms with van der Waals surface area (Å²) in [6.07, 6.45) is 7.41. The lowest BCUT2D eigenvalue weighted by Gasteiger charge is -2.38. The van der Waals surface area contributed by atoms with Crippen molar-refractivity contribution in [2.75, 3.05) is 24.3 Å². The van der Waals surface area contributed by atoms with Crippen molar-refractivity contribution in [3.05, 3.63) is 65.3 Å². The second-order valence-electron chi connectivity index (χ2n) is 10.7. The third-order valence-corrected chi connectivity index (χ3v) is 8.01. The summed E-state index contributed by atoms with van der Waals surface area (Å²) in [5, 5.41) is 21.0. The zero-order valence-corrected chi connectivity index (χ0v) is 23.2.